The monoisotopic (exact) mass is 284 g/mol. The first-order chi connectivity index (χ1) is 9.66. The van der Waals surface area contributed by atoms with E-state index in [1.165, 1.54) is 29.2 Å². The highest BCUT2D eigenvalue weighted by molar-refractivity contribution is 8.00. The second-order valence-electron chi connectivity index (χ2n) is 6.37. The number of fused-ring (bicyclic) bond motifs is 3. The Hall–Kier alpha value is -0.990. The van der Waals surface area contributed by atoms with Crippen LogP contribution in [0.15, 0.2) is 36.4 Å². The van der Waals surface area contributed by atoms with Gasteiger partial charge in [0.15, 0.2) is 0 Å². The fourth-order valence-corrected chi connectivity index (χ4v) is 5.82. The predicted molar refractivity (Wildman–Crippen MR) is 86.2 cm³/mol. The molecule has 2 atom stereocenters. The van der Waals surface area contributed by atoms with Gasteiger partial charge >= 0.3 is 0 Å². The zero-order valence-electron chi connectivity index (χ0n) is 11.8. The number of rotatable bonds is 1. The maximum absolute atomic E-state index is 11.3. The second-order valence-corrected chi connectivity index (χ2v) is 7.98. The Bertz CT molecular complexity index is 652. The molecule has 2 aromatic carbocycles. The molecule has 0 aliphatic carbocycles. The van der Waals surface area contributed by atoms with Crippen molar-refractivity contribution in [2.24, 2.45) is 0 Å². The lowest BCUT2D eigenvalue weighted by Gasteiger charge is -2.37. The van der Waals surface area contributed by atoms with E-state index >= 15 is 0 Å². The molecule has 2 bridgehead atoms. The highest BCUT2D eigenvalue weighted by atomic mass is 32.2. The summed E-state index contributed by atoms with van der Waals surface area (Å²) in [6.45, 7) is 2.15. The van der Waals surface area contributed by atoms with Gasteiger partial charge in [-0.15, -0.1) is 0 Å². The largest absolute Gasteiger partial charge is 0.385 e. The SMILES string of the molecule is Cc1ccc(C2(O)CC3CCC(C2)S3)c2ccccc12. The molecule has 0 saturated carbocycles. The smallest absolute Gasteiger partial charge is 0.0923 e. The number of thioether (sulfide) groups is 1. The fraction of sp³-hybridized carbons (Fsp3) is 0.444. The highest BCUT2D eigenvalue weighted by Crippen LogP contribution is 2.52. The molecule has 104 valence electrons. The van der Waals surface area contributed by atoms with Crippen LogP contribution in [0.2, 0.25) is 0 Å². The quantitative estimate of drug-likeness (QED) is 0.838. The van der Waals surface area contributed by atoms with E-state index in [9.17, 15) is 5.11 Å². The van der Waals surface area contributed by atoms with Gasteiger partial charge in [-0.1, -0.05) is 36.4 Å². The number of benzene rings is 2. The normalized spacial score (nSPS) is 32.7. The van der Waals surface area contributed by atoms with E-state index in [0.29, 0.717) is 10.5 Å². The molecule has 20 heavy (non-hydrogen) atoms. The maximum atomic E-state index is 11.3. The Morgan fingerprint density at radius 2 is 1.65 bits per heavy atom. The van der Waals surface area contributed by atoms with Crippen molar-refractivity contribution in [3.63, 3.8) is 0 Å². The van der Waals surface area contributed by atoms with Crippen molar-refractivity contribution in [2.75, 3.05) is 0 Å². The first-order valence-electron chi connectivity index (χ1n) is 7.52. The molecule has 2 aromatic rings. The number of hydrogen-bond acceptors (Lipinski definition) is 2. The predicted octanol–water partition coefficient (Wildman–Crippen LogP) is 4.39. The third-order valence-electron chi connectivity index (χ3n) is 4.97. The zero-order valence-corrected chi connectivity index (χ0v) is 12.6. The van der Waals surface area contributed by atoms with Gasteiger partial charge in [-0.3, -0.25) is 0 Å². The number of aryl methyl sites for hydroxylation is 1. The van der Waals surface area contributed by atoms with Crippen molar-refractivity contribution in [2.45, 2.75) is 48.7 Å². The van der Waals surface area contributed by atoms with Crippen molar-refractivity contribution >= 4 is 22.5 Å². The molecule has 2 aliphatic rings. The topological polar surface area (TPSA) is 20.2 Å². The van der Waals surface area contributed by atoms with Crippen molar-refractivity contribution in [3.8, 4) is 0 Å². The maximum Gasteiger partial charge on any atom is 0.0923 e. The molecule has 0 spiro atoms. The molecule has 2 saturated heterocycles. The summed E-state index contributed by atoms with van der Waals surface area (Å²) in [5.74, 6) is 0. The lowest BCUT2D eigenvalue weighted by Crippen LogP contribution is -2.34. The van der Waals surface area contributed by atoms with Crippen LogP contribution in [-0.4, -0.2) is 15.6 Å². The van der Waals surface area contributed by atoms with Gasteiger partial charge in [0, 0.05) is 10.5 Å². The summed E-state index contributed by atoms with van der Waals surface area (Å²) in [4.78, 5) is 0. The molecule has 1 nitrogen and oxygen atoms in total. The van der Waals surface area contributed by atoms with E-state index < -0.39 is 5.60 Å². The van der Waals surface area contributed by atoms with Crippen molar-refractivity contribution in [3.05, 3.63) is 47.5 Å². The summed E-state index contributed by atoms with van der Waals surface area (Å²) in [7, 11) is 0. The van der Waals surface area contributed by atoms with E-state index in [2.05, 4.69) is 55.1 Å². The van der Waals surface area contributed by atoms with Crippen LogP contribution in [0, 0.1) is 6.92 Å². The van der Waals surface area contributed by atoms with Crippen LogP contribution in [-0.2, 0) is 5.60 Å². The molecule has 2 fully saturated rings. The van der Waals surface area contributed by atoms with Crippen LogP contribution in [0.5, 0.6) is 0 Å². The molecular formula is C18H20OS. The number of aliphatic hydroxyl groups is 1. The molecule has 2 unspecified atom stereocenters. The summed E-state index contributed by atoms with van der Waals surface area (Å²) >= 11 is 2.10. The van der Waals surface area contributed by atoms with Gasteiger partial charge in [0.25, 0.3) is 0 Å². The lowest BCUT2D eigenvalue weighted by molar-refractivity contribution is 0.0211. The van der Waals surface area contributed by atoms with Gasteiger partial charge in [0.1, 0.15) is 0 Å². The van der Waals surface area contributed by atoms with Gasteiger partial charge in [0.2, 0.25) is 0 Å². The van der Waals surface area contributed by atoms with Crippen LogP contribution in [0.1, 0.15) is 36.8 Å². The fourth-order valence-electron chi connectivity index (χ4n) is 3.99. The Morgan fingerprint density at radius 1 is 1.00 bits per heavy atom. The molecule has 2 heteroatoms. The van der Waals surface area contributed by atoms with Crippen LogP contribution in [0.25, 0.3) is 10.8 Å². The average molecular weight is 284 g/mol. The van der Waals surface area contributed by atoms with Gasteiger partial charge < -0.3 is 5.11 Å². The summed E-state index contributed by atoms with van der Waals surface area (Å²) in [6, 6.07) is 12.8. The average Bonchev–Trinajstić information content (AvgIpc) is 2.79. The lowest BCUT2D eigenvalue weighted by atomic mass is 9.82. The summed E-state index contributed by atoms with van der Waals surface area (Å²) < 4.78 is 0. The zero-order chi connectivity index (χ0) is 13.7. The highest BCUT2D eigenvalue weighted by Gasteiger charge is 2.44. The summed E-state index contributed by atoms with van der Waals surface area (Å²) in [5.41, 5.74) is 1.82. The number of hydrogen-bond donors (Lipinski definition) is 1. The van der Waals surface area contributed by atoms with Crippen LogP contribution in [0.4, 0.5) is 0 Å². The van der Waals surface area contributed by atoms with Crippen molar-refractivity contribution in [1.82, 2.24) is 0 Å². The second kappa shape index (κ2) is 4.51. The van der Waals surface area contributed by atoms with Crippen LogP contribution in [0.3, 0.4) is 0 Å². The molecule has 0 radical (unpaired) electrons. The molecule has 2 heterocycles. The van der Waals surface area contributed by atoms with E-state index in [1.807, 2.05) is 0 Å². The van der Waals surface area contributed by atoms with E-state index in [-0.39, 0.29) is 0 Å². The van der Waals surface area contributed by atoms with Crippen LogP contribution >= 0.6 is 11.8 Å². The Morgan fingerprint density at radius 3 is 2.35 bits per heavy atom. The minimum Gasteiger partial charge on any atom is -0.385 e. The first-order valence-corrected chi connectivity index (χ1v) is 8.47. The van der Waals surface area contributed by atoms with Crippen molar-refractivity contribution in [1.29, 1.82) is 0 Å². The summed E-state index contributed by atoms with van der Waals surface area (Å²) in [5, 5.41) is 15.1. The van der Waals surface area contributed by atoms with Crippen molar-refractivity contribution < 1.29 is 5.11 Å². The summed E-state index contributed by atoms with van der Waals surface area (Å²) in [6.07, 6.45) is 4.39. The van der Waals surface area contributed by atoms with E-state index in [0.717, 1.165) is 18.4 Å². The third kappa shape index (κ3) is 1.89. The Labute approximate surface area is 124 Å². The first kappa shape index (κ1) is 12.7. The van der Waals surface area contributed by atoms with Gasteiger partial charge in [0.05, 0.1) is 5.60 Å². The molecule has 1 N–H and O–H groups in total. The van der Waals surface area contributed by atoms with Gasteiger partial charge in [-0.05, 0) is 54.5 Å². The van der Waals surface area contributed by atoms with Gasteiger partial charge in [-0.2, -0.15) is 11.8 Å². The van der Waals surface area contributed by atoms with Gasteiger partial charge in [-0.25, -0.2) is 0 Å². The Balaban J connectivity index is 1.88. The van der Waals surface area contributed by atoms with Crippen LogP contribution < -0.4 is 0 Å². The molecule has 4 rings (SSSR count). The van der Waals surface area contributed by atoms with E-state index in [4.69, 9.17) is 0 Å². The van der Waals surface area contributed by atoms with E-state index in [1.54, 1.807) is 0 Å². The third-order valence-corrected chi connectivity index (χ3v) is 6.54. The Kier molecular flexibility index (Phi) is 2.87. The molecule has 0 aromatic heterocycles. The molecule has 0 amide bonds. The molecular weight excluding hydrogens is 264 g/mol. The minimum atomic E-state index is -0.621. The minimum absolute atomic E-state index is 0.621. The standard InChI is InChI=1S/C18H20OS/c1-12-6-9-17(16-5-3-2-4-15(12)16)18(19)10-13-7-8-14(11-18)20-13/h2-6,9,13-14,19H,7-8,10-11H2,1H3. The molecule has 2 aliphatic heterocycles.